The Morgan fingerprint density at radius 2 is 1.87 bits per heavy atom. The molecule has 0 N–H and O–H groups in total. The molecule has 0 spiro atoms. The van der Waals surface area contributed by atoms with Gasteiger partial charge in [0.2, 0.25) is 0 Å². The fourth-order valence-corrected chi connectivity index (χ4v) is 4.50. The first-order chi connectivity index (χ1) is 11.2. The van der Waals surface area contributed by atoms with Gasteiger partial charge >= 0.3 is 0 Å². The van der Waals surface area contributed by atoms with Crippen LogP contribution >= 0.6 is 0 Å². The molecule has 3 rings (SSSR count). The van der Waals surface area contributed by atoms with E-state index >= 15 is 0 Å². The van der Waals surface area contributed by atoms with Gasteiger partial charge in [-0.25, -0.2) is 9.97 Å². The molecule has 0 aromatic carbocycles. The van der Waals surface area contributed by atoms with Crippen molar-refractivity contribution < 1.29 is 17.9 Å². The molecule has 1 aromatic heterocycles. The minimum atomic E-state index is -3.46. The highest BCUT2D eigenvalue weighted by Crippen LogP contribution is 2.18. The van der Waals surface area contributed by atoms with E-state index in [1.54, 1.807) is 6.20 Å². The van der Waals surface area contributed by atoms with Crippen LogP contribution < -0.4 is 0 Å². The molecule has 0 bridgehead atoms. The molecule has 1 atom stereocenters. The molecular weight excluding hydrogens is 320 g/mol. The fraction of sp³-hybridized carbons (Fsp3) is 0.714. The topological polar surface area (TPSA) is 84.9 Å². The zero-order valence-electron chi connectivity index (χ0n) is 13.0. The van der Waals surface area contributed by atoms with Crippen LogP contribution in [0, 0.1) is 5.92 Å². The van der Waals surface area contributed by atoms with Gasteiger partial charge in [-0.3, -0.25) is 0 Å². The Morgan fingerprint density at radius 1 is 1.13 bits per heavy atom. The van der Waals surface area contributed by atoms with Gasteiger partial charge in [-0.1, -0.05) is 0 Å². The monoisotopic (exact) mass is 342 g/mol. The maximum Gasteiger partial charge on any atom is 0.282 e. The zero-order valence-corrected chi connectivity index (χ0v) is 13.8. The molecule has 9 heteroatoms. The lowest BCUT2D eigenvalue weighted by Gasteiger charge is -2.32. The lowest BCUT2D eigenvalue weighted by atomic mass is 10.0. The number of morpholine rings is 1. The van der Waals surface area contributed by atoms with Crippen LogP contribution in [0.5, 0.6) is 0 Å². The summed E-state index contributed by atoms with van der Waals surface area (Å²) >= 11 is 0. The van der Waals surface area contributed by atoms with Crippen LogP contribution in [0.3, 0.4) is 0 Å². The highest BCUT2D eigenvalue weighted by atomic mass is 32.2. The van der Waals surface area contributed by atoms with Gasteiger partial charge in [-0.15, -0.1) is 0 Å². The average molecular weight is 342 g/mol. The zero-order chi connectivity index (χ0) is 16.1. The standard InChI is InChI=1S/C14H22N4O4S/c19-23(20,17-3-6-21-7-4-17)18-5-8-22-11-13(10-18)9-14-1-2-15-12-16-14/h1-2,12-13H,3-11H2/t13-/m0/s1. The summed E-state index contributed by atoms with van der Waals surface area (Å²) in [5.41, 5.74) is 0.902. The lowest BCUT2D eigenvalue weighted by Crippen LogP contribution is -2.50. The van der Waals surface area contributed by atoms with Crippen molar-refractivity contribution in [2.45, 2.75) is 6.42 Å². The van der Waals surface area contributed by atoms with Crippen molar-refractivity contribution in [2.24, 2.45) is 5.92 Å². The molecule has 128 valence electrons. The van der Waals surface area contributed by atoms with E-state index in [1.807, 2.05) is 6.07 Å². The van der Waals surface area contributed by atoms with Gasteiger partial charge in [-0.05, 0) is 12.5 Å². The number of aromatic nitrogens is 2. The van der Waals surface area contributed by atoms with Crippen molar-refractivity contribution >= 4 is 10.2 Å². The summed E-state index contributed by atoms with van der Waals surface area (Å²) in [6.45, 7) is 3.53. The van der Waals surface area contributed by atoms with Crippen LogP contribution in [0.15, 0.2) is 18.6 Å². The van der Waals surface area contributed by atoms with Crippen molar-refractivity contribution in [2.75, 3.05) is 52.6 Å². The third-order valence-corrected chi connectivity index (χ3v) is 6.07. The summed E-state index contributed by atoms with van der Waals surface area (Å²) in [6, 6.07) is 1.85. The molecule has 2 fully saturated rings. The Hall–Kier alpha value is -1.13. The van der Waals surface area contributed by atoms with Crippen molar-refractivity contribution in [1.29, 1.82) is 0 Å². The minimum absolute atomic E-state index is 0.0863. The molecule has 8 nitrogen and oxygen atoms in total. The third-order valence-electron chi connectivity index (χ3n) is 4.06. The van der Waals surface area contributed by atoms with Crippen molar-refractivity contribution in [3.05, 3.63) is 24.3 Å². The maximum atomic E-state index is 12.8. The second-order valence-corrected chi connectivity index (χ2v) is 7.65. The number of hydrogen-bond donors (Lipinski definition) is 0. The van der Waals surface area contributed by atoms with Crippen molar-refractivity contribution in [3.63, 3.8) is 0 Å². The number of ether oxygens (including phenoxy) is 2. The largest absolute Gasteiger partial charge is 0.380 e. The predicted octanol–water partition coefficient (Wildman–Crippen LogP) is -0.455. The molecular formula is C14H22N4O4S. The average Bonchev–Trinajstić information content (AvgIpc) is 2.83. The van der Waals surface area contributed by atoms with E-state index in [-0.39, 0.29) is 5.92 Å². The first-order valence-electron chi connectivity index (χ1n) is 7.82. The Bertz CT molecular complexity index is 592. The Labute approximate surface area is 136 Å². The van der Waals surface area contributed by atoms with Crippen molar-refractivity contribution in [1.82, 2.24) is 18.6 Å². The molecule has 0 radical (unpaired) electrons. The Morgan fingerprint density at radius 3 is 2.61 bits per heavy atom. The van der Waals surface area contributed by atoms with Gasteiger partial charge in [-0.2, -0.15) is 17.0 Å². The Balaban J connectivity index is 1.69. The van der Waals surface area contributed by atoms with Gasteiger partial charge < -0.3 is 9.47 Å². The summed E-state index contributed by atoms with van der Waals surface area (Å²) in [7, 11) is -3.46. The summed E-state index contributed by atoms with van der Waals surface area (Å²) in [5, 5.41) is 0. The SMILES string of the molecule is O=S(=O)(N1CCOCC1)N1CCOC[C@@H](Cc2ccncn2)C1. The van der Waals surface area contributed by atoms with E-state index < -0.39 is 10.2 Å². The molecule has 23 heavy (non-hydrogen) atoms. The Kier molecular flexibility index (Phi) is 5.54. The summed E-state index contributed by atoms with van der Waals surface area (Å²) < 4.78 is 39.5. The molecule has 0 unspecified atom stereocenters. The van der Waals surface area contributed by atoms with E-state index in [9.17, 15) is 8.42 Å². The van der Waals surface area contributed by atoms with Crippen LogP contribution in [0.25, 0.3) is 0 Å². The van der Waals surface area contributed by atoms with E-state index in [0.29, 0.717) is 59.0 Å². The molecule has 1 aromatic rings. The summed E-state index contributed by atoms with van der Waals surface area (Å²) in [6.07, 6.45) is 3.88. The van der Waals surface area contributed by atoms with Gasteiger partial charge in [0.05, 0.1) is 26.4 Å². The van der Waals surface area contributed by atoms with E-state index in [4.69, 9.17) is 9.47 Å². The maximum absolute atomic E-state index is 12.8. The molecule has 0 saturated carbocycles. The van der Waals surface area contributed by atoms with E-state index in [2.05, 4.69) is 9.97 Å². The van der Waals surface area contributed by atoms with Crippen LogP contribution in [0.1, 0.15) is 5.69 Å². The second kappa shape index (κ2) is 7.63. The van der Waals surface area contributed by atoms with Crippen molar-refractivity contribution in [3.8, 4) is 0 Å². The molecule has 3 heterocycles. The first kappa shape index (κ1) is 16.7. The molecule has 2 saturated heterocycles. The third kappa shape index (κ3) is 4.24. The van der Waals surface area contributed by atoms with Gasteiger partial charge in [0.25, 0.3) is 10.2 Å². The van der Waals surface area contributed by atoms with Crippen LogP contribution in [-0.2, 0) is 26.1 Å². The summed E-state index contributed by atoms with van der Waals surface area (Å²) in [4.78, 5) is 8.12. The normalized spacial score (nSPS) is 25.1. The molecule has 2 aliphatic rings. The van der Waals surface area contributed by atoms with Gasteiger partial charge in [0.1, 0.15) is 6.33 Å². The van der Waals surface area contributed by atoms with Crippen LogP contribution in [0.2, 0.25) is 0 Å². The second-order valence-electron chi connectivity index (χ2n) is 5.72. The fourth-order valence-electron chi connectivity index (χ4n) is 2.86. The number of rotatable bonds is 4. The smallest absolute Gasteiger partial charge is 0.282 e. The number of hydrogen-bond acceptors (Lipinski definition) is 6. The van der Waals surface area contributed by atoms with Gasteiger partial charge in [0.15, 0.2) is 0 Å². The molecule has 0 aliphatic carbocycles. The van der Waals surface area contributed by atoms with Crippen LogP contribution in [0.4, 0.5) is 0 Å². The van der Waals surface area contributed by atoms with Gasteiger partial charge in [0, 0.05) is 44.0 Å². The highest BCUT2D eigenvalue weighted by Gasteiger charge is 2.33. The highest BCUT2D eigenvalue weighted by molar-refractivity contribution is 7.86. The minimum Gasteiger partial charge on any atom is -0.380 e. The summed E-state index contributed by atoms with van der Waals surface area (Å²) in [5.74, 6) is 0.0863. The van der Waals surface area contributed by atoms with Crippen LogP contribution in [-0.4, -0.2) is 79.6 Å². The van der Waals surface area contributed by atoms with E-state index in [0.717, 1.165) is 5.69 Å². The predicted molar refractivity (Wildman–Crippen MR) is 82.9 cm³/mol. The first-order valence-corrected chi connectivity index (χ1v) is 9.21. The quantitative estimate of drug-likeness (QED) is 0.736. The molecule has 2 aliphatic heterocycles. The number of nitrogens with zero attached hydrogens (tertiary/aromatic N) is 4. The lowest BCUT2D eigenvalue weighted by molar-refractivity contribution is 0.0699. The van der Waals surface area contributed by atoms with E-state index in [1.165, 1.54) is 14.9 Å². The molecule has 0 amide bonds.